The molecule has 21 heavy (non-hydrogen) atoms. The topological polar surface area (TPSA) is 74.7 Å². The van der Waals surface area contributed by atoms with Crippen molar-refractivity contribution in [2.24, 2.45) is 0 Å². The molecule has 1 aliphatic heterocycles. The van der Waals surface area contributed by atoms with Crippen molar-refractivity contribution in [3.05, 3.63) is 35.1 Å². The Morgan fingerprint density at radius 3 is 2.57 bits per heavy atom. The Morgan fingerprint density at radius 2 is 2.00 bits per heavy atom. The summed E-state index contributed by atoms with van der Waals surface area (Å²) in [6.07, 6.45) is 0. The van der Waals surface area contributed by atoms with Crippen molar-refractivity contribution >= 4 is 15.7 Å². The van der Waals surface area contributed by atoms with Crippen LogP contribution in [0.25, 0.3) is 0 Å². The molecule has 2 rings (SSSR count). The van der Waals surface area contributed by atoms with E-state index in [1.807, 2.05) is 0 Å². The van der Waals surface area contributed by atoms with Gasteiger partial charge in [-0.25, -0.2) is 12.8 Å². The van der Waals surface area contributed by atoms with Crippen molar-refractivity contribution in [3.63, 3.8) is 0 Å². The number of aliphatic hydroxyl groups is 1. The molecule has 0 aromatic heterocycles. The Kier molecular flexibility index (Phi) is 4.60. The first-order chi connectivity index (χ1) is 9.93. The third-order valence-corrected chi connectivity index (χ3v) is 4.75. The minimum absolute atomic E-state index is 0.0761. The molecule has 1 amide bonds. The van der Waals surface area contributed by atoms with Gasteiger partial charge in [0.1, 0.15) is 12.4 Å². The molecule has 1 N–H and O–H groups in total. The summed E-state index contributed by atoms with van der Waals surface area (Å²) in [7, 11) is -3.09. The molecule has 1 fully saturated rings. The molecule has 7 heteroatoms. The van der Waals surface area contributed by atoms with Crippen LogP contribution in [0.4, 0.5) is 4.39 Å². The molecule has 0 spiro atoms. The molecule has 0 saturated carbocycles. The van der Waals surface area contributed by atoms with Crippen LogP contribution in [0.3, 0.4) is 0 Å². The highest BCUT2D eigenvalue weighted by Gasteiger charge is 2.27. The zero-order valence-electron chi connectivity index (χ0n) is 11.2. The highest BCUT2D eigenvalue weighted by molar-refractivity contribution is 7.91. The Labute approximate surface area is 122 Å². The number of sulfone groups is 1. The SMILES string of the molecule is O=C(c1ccc(C#CCO)cc1F)N1CCS(=O)(=O)CC1. The number of hydrogen-bond acceptors (Lipinski definition) is 4. The lowest BCUT2D eigenvalue weighted by Gasteiger charge is -2.26. The summed E-state index contributed by atoms with van der Waals surface area (Å²) >= 11 is 0. The third kappa shape index (κ3) is 3.80. The average Bonchev–Trinajstić information content (AvgIpc) is 2.44. The molecular formula is C14H14FNO4S. The quantitative estimate of drug-likeness (QED) is 0.743. The lowest BCUT2D eigenvalue weighted by molar-refractivity contribution is 0.0765. The fourth-order valence-corrected chi connectivity index (χ4v) is 3.19. The first-order valence-corrected chi connectivity index (χ1v) is 8.14. The van der Waals surface area contributed by atoms with Crippen LogP contribution in [0.15, 0.2) is 18.2 Å². The molecule has 0 atom stereocenters. The van der Waals surface area contributed by atoms with E-state index in [2.05, 4.69) is 11.8 Å². The Hall–Kier alpha value is -1.91. The van der Waals surface area contributed by atoms with E-state index in [0.717, 1.165) is 6.07 Å². The standard InChI is InChI=1S/C14H14FNO4S/c15-13-10-11(2-1-7-17)3-4-12(13)14(18)16-5-8-21(19,20)9-6-16/h3-4,10,17H,5-9H2. The number of aliphatic hydroxyl groups excluding tert-OH is 1. The van der Waals surface area contributed by atoms with E-state index >= 15 is 0 Å². The summed E-state index contributed by atoms with van der Waals surface area (Å²) < 4.78 is 36.6. The summed E-state index contributed by atoms with van der Waals surface area (Å²) in [6.45, 7) is -0.177. The minimum Gasteiger partial charge on any atom is -0.384 e. The molecule has 112 valence electrons. The molecule has 1 aromatic rings. The van der Waals surface area contributed by atoms with E-state index in [9.17, 15) is 17.6 Å². The van der Waals surface area contributed by atoms with Crippen LogP contribution in [-0.2, 0) is 9.84 Å². The predicted molar refractivity (Wildman–Crippen MR) is 74.9 cm³/mol. The monoisotopic (exact) mass is 311 g/mol. The first-order valence-electron chi connectivity index (χ1n) is 6.32. The second kappa shape index (κ2) is 6.24. The molecule has 0 bridgehead atoms. The van der Waals surface area contributed by atoms with Gasteiger partial charge in [-0.3, -0.25) is 4.79 Å². The second-order valence-electron chi connectivity index (χ2n) is 4.60. The Morgan fingerprint density at radius 1 is 1.33 bits per heavy atom. The van der Waals surface area contributed by atoms with E-state index in [1.165, 1.54) is 17.0 Å². The molecule has 1 aliphatic rings. The van der Waals surface area contributed by atoms with Crippen LogP contribution in [0.5, 0.6) is 0 Å². The summed E-state index contributed by atoms with van der Waals surface area (Å²) in [5.41, 5.74) is 0.253. The second-order valence-corrected chi connectivity index (χ2v) is 6.90. The number of rotatable bonds is 1. The van der Waals surface area contributed by atoms with Gasteiger partial charge in [0.2, 0.25) is 0 Å². The van der Waals surface area contributed by atoms with Crippen molar-refractivity contribution in [2.75, 3.05) is 31.2 Å². The number of hydrogen-bond donors (Lipinski definition) is 1. The zero-order chi connectivity index (χ0) is 15.5. The fourth-order valence-electron chi connectivity index (χ4n) is 1.99. The average molecular weight is 311 g/mol. The van der Waals surface area contributed by atoms with Crippen LogP contribution in [0, 0.1) is 17.7 Å². The number of amides is 1. The normalized spacial score (nSPS) is 17.0. The van der Waals surface area contributed by atoms with Crippen molar-refractivity contribution < 1.29 is 22.7 Å². The number of nitrogens with zero attached hydrogens (tertiary/aromatic N) is 1. The van der Waals surface area contributed by atoms with E-state index in [-0.39, 0.29) is 36.8 Å². The van der Waals surface area contributed by atoms with Gasteiger partial charge in [0.25, 0.3) is 5.91 Å². The molecule has 0 aliphatic carbocycles. The minimum atomic E-state index is -3.09. The van der Waals surface area contributed by atoms with Gasteiger partial charge in [-0.2, -0.15) is 0 Å². The highest BCUT2D eigenvalue weighted by atomic mass is 32.2. The van der Waals surface area contributed by atoms with Crippen molar-refractivity contribution in [1.29, 1.82) is 0 Å². The maximum atomic E-state index is 13.9. The maximum Gasteiger partial charge on any atom is 0.256 e. The van der Waals surface area contributed by atoms with E-state index in [4.69, 9.17) is 5.11 Å². The highest BCUT2D eigenvalue weighted by Crippen LogP contribution is 2.15. The van der Waals surface area contributed by atoms with Crippen LogP contribution in [0.1, 0.15) is 15.9 Å². The van der Waals surface area contributed by atoms with Gasteiger partial charge in [-0.05, 0) is 18.2 Å². The van der Waals surface area contributed by atoms with Crippen LogP contribution in [0.2, 0.25) is 0 Å². The molecule has 5 nitrogen and oxygen atoms in total. The molecule has 0 unspecified atom stereocenters. The lowest BCUT2D eigenvalue weighted by Crippen LogP contribution is -2.44. The molecular weight excluding hydrogens is 297 g/mol. The number of carbonyl (C=O) groups is 1. The summed E-state index contributed by atoms with van der Waals surface area (Å²) in [6, 6.07) is 3.93. The Bertz CT molecular complexity index is 704. The molecule has 1 heterocycles. The Balaban J connectivity index is 2.17. The van der Waals surface area contributed by atoms with Gasteiger partial charge < -0.3 is 10.0 Å². The molecule has 1 saturated heterocycles. The van der Waals surface area contributed by atoms with E-state index < -0.39 is 21.6 Å². The van der Waals surface area contributed by atoms with Gasteiger partial charge in [0.15, 0.2) is 9.84 Å². The van der Waals surface area contributed by atoms with Crippen molar-refractivity contribution in [1.82, 2.24) is 4.90 Å². The number of carbonyl (C=O) groups excluding carboxylic acids is 1. The summed E-state index contributed by atoms with van der Waals surface area (Å²) in [5, 5.41) is 8.57. The summed E-state index contributed by atoms with van der Waals surface area (Å²) in [4.78, 5) is 13.5. The lowest BCUT2D eigenvalue weighted by atomic mass is 10.1. The fraction of sp³-hybridized carbons (Fsp3) is 0.357. The van der Waals surface area contributed by atoms with Crippen LogP contribution in [-0.4, -0.2) is 55.5 Å². The number of halogens is 1. The molecule has 1 aromatic carbocycles. The third-order valence-electron chi connectivity index (χ3n) is 3.14. The van der Waals surface area contributed by atoms with Crippen molar-refractivity contribution in [2.45, 2.75) is 0 Å². The van der Waals surface area contributed by atoms with Gasteiger partial charge in [0, 0.05) is 18.7 Å². The van der Waals surface area contributed by atoms with Gasteiger partial charge >= 0.3 is 0 Å². The van der Waals surface area contributed by atoms with E-state index in [0.29, 0.717) is 5.56 Å². The maximum absolute atomic E-state index is 13.9. The van der Waals surface area contributed by atoms with Gasteiger partial charge in [-0.1, -0.05) is 11.8 Å². The molecule has 0 radical (unpaired) electrons. The van der Waals surface area contributed by atoms with E-state index in [1.54, 1.807) is 0 Å². The predicted octanol–water partition coefficient (Wildman–Crippen LogP) is 0.0401. The first kappa shape index (κ1) is 15.5. The smallest absolute Gasteiger partial charge is 0.256 e. The van der Waals surface area contributed by atoms with Gasteiger partial charge in [0.05, 0.1) is 17.1 Å². The largest absolute Gasteiger partial charge is 0.384 e. The van der Waals surface area contributed by atoms with Crippen LogP contribution < -0.4 is 0 Å². The number of benzene rings is 1. The van der Waals surface area contributed by atoms with Crippen LogP contribution >= 0.6 is 0 Å². The summed E-state index contributed by atoms with van der Waals surface area (Å²) in [5.74, 6) is 3.51. The van der Waals surface area contributed by atoms with Crippen molar-refractivity contribution in [3.8, 4) is 11.8 Å². The van der Waals surface area contributed by atoms with Gasteiger partial charge in [-0.15, -0.1) is 0 Å². The zero-order valence-corrected chi connectivity index (χ0v) is 12.0.